The zero-order valence-electron chi connectivity index (χ0n) is 15.5. The molecule has 0 atom stereocenters. The smallest absolute Gasteiger partial charge is 0.267 e. The fourth-order valence-electron chi connectivity index (χ4n) is 2.92. The lowest BCUT2D eigenvalue weighted by molar-refractivity contribution is 0.0988. The maximum absolute atomic E-state index is 13.0. The topological polar surface area (TPSA) is 81.0 Å². The number of fused-ring (bicyclic) bond motifs is 1. The van der Waals surface area contributed by atoms with Crippen molar-refractivity contribution in [3.05, 3.63) is 58.4 Å². The van der Waals surface area contributed by atoms with Gasteiger partial charge in [0.15, 0.2) is 0 Å². The highest BCUT2D eigenvalue weighted by Crippen LogP contribution is 2.30. The first-order valence-electron chi connectivity index (χ1n) is 8.20. The molecule has 0 saturated carbocycles. The Morgan fingerprint density at radius 2 is 1.63 bits per heavy atom. The second-order valence-corrected chi connectivity index (χ2v) is 6.03. The van der Waals surface area contributed by atoms with Crippen molar-refractivity contribution in [2.24, 2.45) is 7.05 Å². The summed E-state index contributed by atoms with van der Waals surface area (Å²) in [5.41, 5.74) is 0.196. The molecule has 1 aromatic heterocycles. The zero-order valence-corrected chi connectivity index (χ0v) is 15.5. The number of aromatic hydroxyl groups is 1. The summed E-state index contributed by atoms with van der Waals surface area (Å²) in [6, 6.07) is 11.8. The van der Waals surface area contributed by atoms with Gasteiger partial charge in [0.05, 0.1) is 19.7 Å². The molecule has 27 heavy (non-hydrogen) atoms. The van der Waals surface area contributed by atoms with E-state index in [1.54, 1.807) is 63.7 Å². The Kier molecular flexibility index (Phi) is 4.77. The standard InChI is InChI=1S/C20H20N2O5/c1-21(12-5-7-13(26-3)8-6-12)19(24)17-18(23)15-11-14(27-4)9-10-16(15)22(2)20(17)25/h5-11,23H,1-4H3. The van der Waals surface area contributed by atoms with Crippen LogP contribution in [0.3, 0.4) is 0 Å². The molecular weight excluding hydrogens is 348 g/mol. The van der Waals surface area contributed by atoms with Crippen molar-refractivity contribution in [1.29, 1.82) is 0 Å². The summed E-state index contributed by atoms with van der Waals surface area (Å²) in [7, 11) is 6.15. The van der Waals surface area contributed by atoms with Gasteiger partial charge < -0.3 is 24.0 Å². The van der Waals surface area contributed by atoms with Crippen LogP contribution in [0.2, 0.25) is 0 Å². The average Bonchev–Trinajstić information content (AvgIpc) is 2.71. The number of amides is 1. The Morgan fingerprint density at radius 1 is 1.04 bits per heavy atom. The number of aromatic nitrogens is 1. The highest BCUT2D eigenvalue weighted by molar-refractivity contribution is 6.10. The minimum Gasteiger partial charge on any atom is -0.506 e. The normalized spacial score (nSPS) is 10.7. The summed E-state index contributed by atoms with van der Waals surface area (Å²) < 4.78 is 11.6. The van der Waals surface area contributed by atoms with Gasteiger partial charge in [0.25, 0.3) is 11.5 Å². The second-order valence-electron chi connectivity index (χ2n) is 6.03. The third-order valence-electron chi connectivity index (χ3n) is 4.55. The Labute approximate surface area is 156 Å². The number of pyridine rings is 1. The minimum atomic E-state index is -0.608. The monoisotopic (exact) mass is 368 g/mol. The molecule has 3 rings (SSSR count). The van der Waals surface area contributed by atoms with Gasteiger partial charge in [-0.1, -0.05) is 0 Å². The van der Waals surface area contributed by atoms with E-state index in [4.69, 9.17) is 9.47 Å². The van der Waals surface area contributed by atoms with E-state index in [1.165, 1.54) is 16.6 Å². The predicted octanol–water partition coefficient (Wildman–Crippen LogP) is 2.54. The number of anilines is 1. The molecule has 140 valence electrons. The van der Waals surface area contributed by atoms with Crippen LogP contribution in [0.25, 0.3) is 10.9 Å². The van der Waals surface area contributed by atoms with Gasteiger partial charge in [0.1, 0.15) is 22.8 Å². The van der Waals surface area contributed by atoms with Crippen molar-refractivity contribution in [2.45, 2.75) is 0 Å². The lowest BCUT2D eigenvalue weighted by Gasteiger charge is -2.19. The van der Waals surface area contributed by atoms with E-state index in [1.807, 2.05) is 0 Å². The summed E-state index contributed by atoms with van der Waals surface area (Å²) in [6.07, 6.45) is 0. The van der Waals surface area contributed by atoms with Crippen molar-refractivity contribution < 1.29 is 19.4 Å². The third kappa shape index (κ3) is 3.08. The van der Waals surface area contributed by atoms with Crippen molar-refractivity contribution >= 4 is 22.5 Å². The maximum Gasteiger partial charge on any atom is 0.267 e. The van der Waals surface area contributed by atoms with E-state index in [2.05, 4.69) is 0 Å². The van der Waals surface area contributed by atoms with Gasteiger partial charge in [-0.05, 0) is 42.5 Å². The molecule has 7 nitrogen and oxygen atoms in total. The van der Waals surface area contributed by atoms with E-state index >= 15 is 0 Å². The number of carbonyl (C=O) groups is 1. The number of aryl methyl sites for hydroxylation is 1. The van der Waals surface area contributed by atoms with Gasteiger partial charge >= 0.3 is 0 Å². The van der Waals surface area contributed by atoms with Gasteiger partial charge in [0, 0.05) is 25.2 Å². The van der Waals surface area contributed by atoms with E-state index in [0.29, 0.717) is 28.1 Å². The summed E-state index contributed by atoms with van der Waals surface area (Å²) in [4.78, 5) is 27.0. The van der Waals surface area contributed by atoms with Crippen LogP contribution < -0.4 is 19.9 Å². The number of ether oxygens (including phenoxy) is 2. The predicted molar refractivity (Wildman–Crippen MR) is 103 cm³/mol. The zero-order chi connectivity index (χ0) is 19.7. The molecule has 0 aliphatic carbocycles. The molecule has 2 aromatic carbocycles. The van der Waals surface area contributed by atoms with Crippen LogP contribution in [0.5, 0.6) is 17.2 Å². The molecule has 0 saturated heterocycles. The van der Waals surface area contributed by atoms with E-state index < -0.39 is 11.5 Å². The van der Waals surface area contributed by atoms with Crippen molar-refractivity contribution in [1.82, 2.24) is 4.57 Å². The van der Waals surface area contributed by atoms with E-state index in [0.717, 1.165) is 0 Å². The summed E-state index contributed by atoms with van der Waals surface area (Å²) >= 11 is 0. The van der Waals surface area contributed by atoms with E-state index in [-0.39, 0.29) is 11.3 Å². The maximum atomic E-state index is 13.0. The van der Waals surface area contributed by atoms with Crippen LogP contribution in [0.4, 0.5) is 5.69 Å². The number of methoxy groups -OCH3 is 2. The molecule has 1 amide bonds. The summed E-state index contributed by atoms with van der Waals surface area (Å²) in [5.74, 6) is 0.190. The first-order valence-corrected chi connectivity index (χ1v) is 8.20. The summed E-state index contributed by atoms with van der Waals surface area (Å²) in [6.45, 7) is 0. The van der Waals surface area contributed by atoms with Gasteiger partial charge in [-0.25, -0.2) is 0 Å². The molecule has 0 radical (unpaired) electrons. The number of carbonyl (C=O) groups excluding carboxylic acids is 1. The first kappa shape index (κ1) is 18.3. The number of hydrogen-bond acceptors (Lipinski definition) is 5. The Balaban J connectivity index is 2.14. The van der Waals surface area contributed by atoms with Gasteiger partial charge in [-0.2, -0.15) is 0 Å². The van der Waals surface area contributed by atoms with Gasteiger partial charge in [-0.3, -0.25) is 9.59 Å². The molecule has 0 bridgehead atoms. The Morgan fingerprint density at radius 3 is 2.22 bits per heavy atom. The third-order valence-corrected chi connectivity index (χ3v) is 4.55. The molecule has 0 aliphatic heterocycles. The summed E-state index contributed by atoms with van der Waals surface area (Å²) in [5, 5.41) is 11.1. The van der Waals surface area contributed by atoms with Gasteiger partial charge in [-0.15, -0.1) is 0 Å². The first-order chi connectivity index (χ1) is 12.9. The molecule has 1 N–H and O–H groups in total. The molecule has 3 aromatic rings. The fraction of sp³-hybridized carbons (Fsp3) is 0.200. The quantitative estimate of drug-likeness (QED) is 0.765. The lowest BCUT2D eigenvalue weighted by atomic mass is 10.1. The molecule has 0 aliphatic rings. The van der Waals surface area contributed by atoms with Crippen LogP contribution in [0, 0.1) is 0 Å². The highest BCUT2D eigenvalue weighted by Gasteiger charge is 2.25. The van der Waals surface area contributed by atoms with Crippen molar-refractivity contribution in [3.8, 4) is 17.2 Å². The minimum absolute atomic E-state index is 0.295. The Bertz CT molecular complexity index is 1070. The molecule has 0 unspecified atom stereocenters. The van der Waals surface area contributed by atoms with Crippen LogP contribution in [0.15, 0.2) is 47.3 Å². The van der Waals surface area contributed by atoms with Crippen molar-refractivity contribution in [3.63, 3.8) is 0 Å². The highest BCUT2D eigenvalue weighted by atomic mass is 16.5. The molecule has 1 heterocycles. The number of rotatable bonds is 4. The molecule has 0 spiro atoms. The number of benzene rings is 2. The van der Waals surface area contributed by atoms with Crippen LogP contribution in [-0.4, -0.2) is 36.8 Å². The Hall–Kier alpha value is -3.48. The van der Waals surface area contributed by atoms with E-state index in [9.17, 15) is 14.7 Å². The van der Waals surface area contributed by atoms with Crippen molar-refractivity contribution in [2.75, 3.05) is 26.2 Å². The SMILES string of the molecule is COc1ccc(N(C)C(=O)c2c(O)c3cc(OC)ccc3n(C)c2=O)cc1. The van der Waals surface area contributed by atoms with Crippen LogP contribution in [0.1, 0.15) is 10.4 Å². The largest absolute Gasteiger partial charge is 0.506 e. The number of nitrogens with zero attached hydrogens (tertiary/aromatic N) is 2. The van der Waals surface area contributed by atoms with Gasteiger partial charge in [0.2, 0.25) is 0 Å². The second kappa shape index (κ2) is 7.03. The fourth-order valence-corrected chi connectivity index (χ4v) is 2.92. The van der Waals surface area contributed by atoms with Crippen LogP contribution >= 0.6 is 0 Å². The molecule has 0 fully saturated rings. The number of hydrogen-bond donors (Lipinski definition) is 1. The average molecular weight is 368 g/mol. The molecular formula is C20H20N2O5. The van der Waals surface area contributed by atoms with Crippen LogP contribution in [-0.2, 0) is 7.05 Å². The lowest BCUT2D eigenvalue weighted by Crippen LogP contribution is -2.34. The molecule has 7 heteroatoms.